The normalized spacial score (nSPS) is 18.1. The molecule has 1 saturated heterocycles. The van der Waals surface area contributed by atoms with Crippen LogP contribution in [-0.2, 0) is 0 Å². The molecule has 6 rings (SSSR count). The van der Waals surface area contributed by atoms with E-state index in [1.54, 1.807) is 10.7 Å². The van der Waals surface area contributed by atoms with Gasteiger partial charge in [-0.05, 0) is 62.1 Å². The quantitative estimate of drug-likeness (QED) is 0.536. The van der Waals surface area contributed by atoms with E-state index in [1.807, 2.05) is 53.4 Å². The predicted molar refractivity (Wildman–Crippen MR) is 126 cm³/mol. The largest absolute Gasteiger partial charge is 0.486 e. The molecule has 0 N–H and O–H groups in total. The van der Waals surface area contributed by atoms with Gasteiger partial charge in [0.05, 0.1) is 11.4 Å². The Hall–Kier alpha value is -3.61. The maximum atomic E-state index is 13.5. The van der Waals surface area contributed by atoms with Gasteiger partial charge in [0.2, 0.25) is 0 Å². The van der Waals surface area contributed by atoms with Crippen molar-refractivity contribution in [2.45, 2.75) is 31.6 Å². The summed E-state index contributed by atoms with van der Waals surface area (Å²) in [7, 11) is 0. The zero-order valence-electron chi connectivity index (χ0n) is 19.0. The highest BCUT2D eigenvalue weighted by molar-refractivity contribution is 5.99. The van der Waals surface area contributed by atoms with Gasteiger partial charge in [0.25, 0.3) is 5.91 Å². The first-order chi connectivity index (χ1) is 16.7. The summed E-state index contributed by atoms with van der Waals surface area (Å²) in [5.74, 6) is 1.76. The Balaban J connectivity index is 1.16. The fraction of sp³-hybridized carbons (Fsp3) is 0.370. The van der Waals surface area contributed by atoms with Crippen molar-refractivity contribution < 1.29 is 19.1 Å². The first kappa shape index (κ1) is 21.0. The smallest absolute Gasteiger partial charge is 0.272 e. The van der Waals surface area contributed by atoms with Crippen LogP contribution in [0, 0.1) is 5.92 Å². The second kappa shape index (κ2) is 8.63. The summed E-state index contributed by atoms with van der Waals surface area (Å²) in [5.41, 5.74) is 3.13. The number of hydrogen-bond acceptors (Lipinski definition) is 5. The predicted octanol–water partition coefficient (Wildman–Crippen LogP) is 4.26. The van der Waals surface area contributed by atoms with E-state index in [0.29, 0.717) is 67.8 Å². The lowest BCUT2D eigenvalue weighted by Crippen LogP contribution is -2.41. The van der Waals surface area contributed by atoms with Gasteiger partial charge in [0, 0.05) is 30.5 Å². The number of ketones is 1. The van der Waals surface area contributed by atoms with Crippen LogP contribution in [0.3, 0.4) is 0 Å². The lowest BCUT2D eigenvalue weighted by atomic mass is 9.88. The molecular formula is C27H27N3O4. The minimum Gasteiger partial charge on any atom is -0.486 e. The van der Waals surface area contributed by atoms with E-state index in [1.165, 1.54) is 0 Å². The molecule has 34 heavy (non-hydrogen) atoms. The summed E-state index contributed by atoms with van der Waals surface area (Å²) in [5, 5.41) is 4.77. The van der Waals surface area contributed by atoms with Crippen molar-refractivity contribution in [1.29, 1.82) is 0 Å². The summed E-state index contributed by atoms with van der Waals surface area (Å²) in [6.07, 6.45) is 3.56. The van der Waals surface area contributed by atoms with Gasteiger partial charge in [-0.15, -0.1) is 0 Å². The standard InChI is InChI=1S/C27H27N3O4/c31-26(20-8-9-24-25(16-20)34-15-14-33-24)19-10-12-29(13-11-19)27(32)23-17-22(18-6-7-18)28-30(23)21-4-2-1-3-5-21/h1-5,8-9,16-19H,6-7,10-15H2. The minimum absolute atomic E-state index is 0.0199. The minimum atomic E-state index is -0.104. The number of amides is 1. The number of benzene rings is 2. The summed E-state index contributed by atoms with van der Waals surface area (Å²) < 4.78 is 13.0. The van der Waals surface area contributed by atoms with Crippen molar-refractivity contribution >= 4 is 11.7 Å². The fourth-order valence-corrected chi connectivity index (χ4v) is 4.84. The SMILES string of the molecule is O=C(c1ccc2c(c1)OCCO2)C1CCN(C(=O)c2cc(C3CC3)nn2-c2ccccc2)CC1. The van der Waals surface area contributed by atoms with Crippen LogP contribution in [-0.4, -0.2) is 52.7 Å². The first-order valence-corrected chi connectivity index (χ1v) is 12.1. The van der Waals surface area contributed by atoms with Crippen LogP contribution in [0.5, 0.6) is 11.5 Å². The Bertz CT molecular complexity index is 1220. The zero-order valence-corrected chi connectivity index (χ0v) is 19.0. The van der Waals surface area contributed by atoms with Crippen molar-refractivity contribution in [2.75, 3.05) is 26.3 Å². The number of Topliss-reactive ketones (excluding diaryl/α,β-unsaturated/α-hetero) is 1. The van der Waals surface area contributed by atoms with E-state index in [0.717, 1.165) is 24.2 Å². The number of carbonyl (C=O) groups is 2. The van der Waals surface area contributed by atoms with Crippen molar-refractivity contribution in [2.24, 2.45) is 5.92 Å². The van der Waals surface area contributed by atoms with Gasteiger partial charge in [-0.2, -0.15) is 5.10 Å². The number of nitrogens with zero attached hydrogens (tertiary/aromatic N) is 3. The van der Waals surface area contributed by atoms with Crippen LogP contribution in [0.15, 0.2) is 54.6 Å². The second-order valence-corrected chi connectivity index (χ2v) is 9.27. The van der Waals surface area contributed by atoms with Crippen LogP contribution in [0.25, 0.3) is 5.69 Å². The number of ether oxygens (including phenoxy) is 2. The van der Waals surface area contributed by atoms with Gasteiger partial charge < -0.3 is 14.4 Å². The number of fused-ring (bicyclic) bond motifs is 1. The molecule has 3 heterocycles. The number of hydrogen-bond donors (Lipinski definition) is 0. The zero-order chi connectivity index (χ0) is 23.1. The van der Waals surface area contributed by atoms with E-state index in [9.17, 15) is 9.59 Å². The molecule has 1 saturated carbocycles. The highest BCUT2D eigenvalue weighted by Gasteiger charge is 2.33. The summed E-state index contributed by atoms with van der Waals surface area (Å²) in [6, 6.07) is 17.2. The molecule has 2 fully saturated rings. The third-order valence-electron chi connectivity index (χ3n) is 6.92. The van der Waals surface area contributed by atoms with Gasteiger partial charge in [-0.25, -0.2) is 4.68 Å². The number of aromatic nitrogens is 2. The molecule has 2 aliphatic heterocycles. The monoisotopic (exact) mass is 457 g/mol. The molecule has 0 spiro atoms. The molecule has 3 aliphatic rings. The number of rotatable bonds is 5. The number of likely N-dealkylation sites (tertiary alicyclic amines) is 1. The second-order valence-electron chi connectivity index (χ2n) is 9.27. The Morgan fingerprint density at radius 2 is 1.59 bits per heavy atom. The number of piperidine rings is 1. The number of para-hydroxylation sites is 1. The Labute approximate surface area is 198 Å². The molecule has 7 nitrogen and oxygen atoms in total. The third-order valence-corrected chi connectivity index (χ3v) is 6.92. The average Bonchev–Trinajstić information content (AvgIpc) is 3.66. The highest BCUT2D eigenvalue weighted by atomic mass is 16.6. The maximum Gasteiger partial charge on any atom is 0.272 e. The maximum absolute atomic E-state index is 13.5. The fourth-order valence-electron chi connectivity index (χ4n) is 4.84. The lowest BCUT2D eigenvalue weighted by molar-refractivity contribution is 0.0642. The first-order valence-electron chi connectivity index (χ1n) is 12.1. The van der Waals surface area contributed by atoms with Crippen molar-refractivity contribution in [3.8, 4) is 17.2 Å². The van der Waals surface area contributed by atoms with E-state index in [-0.39, 0.29) is 17.6 Å². The van der Waals surface area contributed by atoms with Gasteiger partial charge >= 0.3 is 0 Å². The molecule has 174 valence electrons. The molecular weight excluding hydrogens is 430 g/mol. The van der Waals surface area contributed by atoms with E-state index in [4.69, 9.17) is 14.6 Å². The van der Waals surface area contributed by atoms with Crippen LogP contribution >= 0.6 is 0 Å². The topological polar surface area (TPSA) is 73.7 Å². The van der Waals surface area contributed by atoms with Gasteiger partial charge in [-0.1, -0.05) is 18.2 Å². The highest BCUT2D eigenvalue weighted by Crippen LogP contribution is 2.40. The molecule has 0 radical (unpaired) electrons. The van der Waals surface area contributed by atoms with Crippen molar-refractivity contribution in [3.05, 3.63) is 71.5 Å². The molecule has 1 amide bonds. The molecule has 2 aromatic carbocycles. The summed E-state index contributed by atoms with van der Waals surface area (Å²) in [6.45, 7) is 2.13. The van der Waals surface area contributed by atoms with E-state index in [2.05, 4.69) is 0 Å². The van der Waals surface area contributed by atoms with E-state index >= 15 is 0 Å². The van der Waals surface area contributed by atoms with Gasteiger partial charge in [0.15, 0.2) is 17.3 Å². The Morgan fingerprint density at radius 1 is 0.853 bits per heavy atom. The number of carbonyl (C=O) groups excluding carboxylic acids is 2. The van der Waals surface area contributed by atoms with Gasteiger partial charge in [0.1, 0.15) is 18.9 Å². The molecule has 1 aromatic heterocycles. The molecule has 0 unspecified atom stereocenters. The third kappa shape index (κ3) is 3.95. The van der Waals surface area contributed by atoms with Gasteiger partial charge in [-0.3, -0.25) is 9.59 Å². The molecule has 7 heteroatoms. The summed E-state index contributed by atoms with van der Waals surface area (Å²) >= 11 is 0. The van der Waals surface area contributed by atoms with E-state index < -0.39 is 0 Å². The molecule has 1 aliphatic carbocycles. The lowest BCUT2D eigenvalue weighted by Gasteiger charge is -2.31. The van der Waals surface area contributed by atoms with Crippen LogP contribution < -0.4 is 9.47 Å². The van der Waals surface area contributed by atoms with Crippen LogP contribution in [0.2, 0.25) is 0 Å². The summed E-state index contributed by atoms with van der Waals surface area (Å²) in [4.78, 5) is 28.5. The molecule has 0 atom stereocenters. The Morgan fingerprint density at radius 3 is 2.32 bits per heavy atom. The van der Waals surface area contributed by atoms with Crippen molar-refractivity contribution in [1.82, 2.24) is 14.7 Å². The Kier molecular flexibility index (Phi) is 5.32. The van der Waals surface area contributed by atoms with Crippen LogP contribution in [0.1, 0.15) is 58.1 Å². The average molecular weight is 458 g/mol. The molecule has 0 bridgehead atoms. The van der Waals surface area contributed by atoms with Crippen molar-refractivity contribution in [3.63, 3.8) is 0 Å². The van der Waals surface area contributed by atoms with Crippen LogP contribution in [0.4, 0.5) is 0 Å². The molecule has 3 aromatic rings.